The van der Waals surface area contributed by atoms with E-state index in [1.807, 2.05) is 46.8 Å². The van der Waals surface area contributed by atoms with Crippen LogP contribution in [-0.2, 0) is 0 Å². The Morgan fingerprint density at radius 3 is 1.94 bits per heavy atom. The number of carbonyl (C=O) groups is 1. The number of carbonyl (C=O) groups excluding carboxylic acids is 1. The van der Waals surface area contributed by atoms with Crippen LogP contribution in [0, 0.1) is 0 Å². The normalized spacial score (nSPS) is 17.5. The Morgan fingerprint density at radius 2 is 1.40 bits per heavy atom. The summed E-state index contributed by atoms with van der Waals surface area (Å²) in [5.74, 6) is 0.231. The predicted molar refractivity (Wildman–Crippen MR) is 134 cm³/mol. The first-order valence-electron chi connectivity index (χ1n) is 11.5. The Bertz CT molecular complexity index is 1280. The molecule has 2 heterocycles. The minimum atomic E-state index is -0.701. The molecular formula is C28H32O7. The molecular weight excluding hydrogens is 448 g/mol. The van der Waals surface area contributed by atoms with Gasteiger partial charge in [0, 0.05) is 23.1 Å². The molecule has 2 aromatic rings. The van der Waals surface area contributed by atoms with Gasteiger partial charge in [0.2, 0.25) is 0 Å². The van der Waals surface area contributed by atoms with E-state index in [1.54, 1.807) is 25.3 Å². The molecule has 0 fully saturated rings. The van der Waals surface area contributed by atoms with Crippen molar-refractivity contribution in [3.05, 3.63) is 46.0 Å². The number of fused-ring (bicyclic) bond motifs is 2. The highest BCUT2D eigenvalue weighted by molar-refractivity contribution is 6.02. The summed E-state index contributed by atoms with van der Waals surface area (Å²) in [5.41, 5.74) is 0.586. The van der Waals surface area contributed by atoms with Gasteiger partial charge < -0.3 is 29.2 Å². The van der Waals surface area contributed by atoms with Gasteiger partial charge in [-0.25, -0.2) is 0 Å². The van der Waals surface area contributed by atoms with Crippen LogP contribution in [0.25, 0.3) is 12.2 Å². The summed E-state index contributed by atoms with van der Waals surface area (Å²) < 4.78 is 23.6. The lowest BCUT2D eigenvalue weighted by atomic mass is 9.83. The molecule has 0 radical (unpaired) electrons. The number of ether oxygens (including phenoxy) is 4. The highest BCUT2D eigenvalue weighted by Gasteiger charge is 2.37. The maximum Gasteiger partial charge on any atom is 0.167 e. The summed E-state index contributed by atoms with van der Waals surface area (Å²) in [5, 5.41) is 22.7. The van der Waals surface area contributed by atoms with Crippen LogP contribution in [-0.4, -0.2) is 41.4 Å². The molecule has 186 valence electrons. The lowest BCUT2D eigenvalue weighted by Crippen LogP contribution is -2.29. The van der Waals surface area contributed by atoms with E-state index in [1.165, 1.54) is 14.0 Å². The molecule has 0 aliphatic carbocycles. The molecule has 7 nitrogen and oxygen atoms in total. The maximum absolute atomic E-state index is 12.7. The fraction of sp³-hybridized carbons (Fsp3) is 0.393. The quantitative estimate of drug-likeness (QED) is 0.519. The van der Waals surface area contributed by atoms with Gasteiger partial charge in [-0.2, -0.15) is 0 Å². The number of ketones is 1. The van der Waals surface area contributed by atoms with Crippen LogP contribution in [0.4, 0.5) is 0 Å². The van der Waals surface area contributed by atoms with Crippen LogP contribution in [0.1, 0.15) is 80.1 Å². The van der Waals surface area contributed by atoms with Gasteiger partial charge >= 0.3 is 0 Å². The molecule has 4 rings (SSSR count). The molecule has 0 spiro atoms. The van der Waals surface area contributed by atoms with Gasteiger partial charge in [-0.05, 0) is 58.9 Å². The maximum atomic E-state index is 12.7. The van der Waals surface area contributed by atoms with Gasteiger partial charge in [-0.15, -0.1) is 0 Å². The number of aromatic hydroxyl groups is 2. The van der Waals surface area contributed by atoms with E-state index in [4.69, 9.17) is 18.9 Å². The van der Waals surface area contributed by atoms with Crippen molar-refractivity contribution < 1.29 is 34.0 Å². The highest BCUT2D eigenvalue weighted by atomic mass is 16.5. The van der Waals surface area contributed by atoms with Gasteiger partial charge in [0.05, 0.1) is 25.3 Å². The number of benzene rings is 2. The molecule has 2 aromatic carbocycles. The monoisotopic (exact) mass is 480 g/mol. The van der Waals surface area contributed by atoms with Crippen LogP contribution in [0.5, 0.6) is 34.5 Å². The third-order valence-electron chi connectivity index (χ3n) is 6.45. The number of methoxy groups -OCH3 is 2. The molecule has 0 amide bonds. The molecule has 2 aliphatic heterocycles. The van der Waals surface area contributed by atoms with E-state index in [-0.39, 0.29) is 34.2 Å². The van der Waals surface area contributed by atoms with Crippen LogP contribution < -0.4 is 18.9 Å². The number of phenolic OH excluding ortho intramolecular Hbond substituents is 2. The molecule has 0 bridgehead atoms. The Kier molecular flexibility index (Phi) is 5.78. The van der Waals surface area contributed by atoms with Crippen molar-refractivity contribution in [1.82, 2.24) is 0 Å². The highest BCUT2D eigenvalue weighted by Crippen LogP contribution is 2.55. The summed E-state index contributed by atoms with van der Waals surface area (Å²) in [6, 6.07) is 1.75. The van der Waals surface area contributed by atoms with E-state index in [9.17, 15) is 15.0 Å². The molecule has 2 aliphatic rings. The number of phenols is 2. The van der Waals surface area contributed by atoms with Crippen LogP contribution in [0.15, 0.2) is 18.2 Å². The van der Waals surface area contributed by atoms with E-state index in [0.717, 1.165) is 5.56 Å². The van der Waals surface area contributed by atoms with Crippen molar-refractivity contribution in [2.75, 3.05) is 14.2 Å². The van der Waals surface area contributed by atoms with E-state index >= 15 is 0 Å². The second-order valence-electron chi connectivity index (χ2n) is 10.0. The smallest absolute Gasteiger partial charge is 0.167 e. The molecule has 0 saturated heterocycles. The van der Waals surface area contributed by atoms with Crippen molar-refractivity contribution in [2.45, 2.75) is 58.7 Å². The molecule has 1 atom stereocenters. The fourth-order valence-corrected chi connectivity index (χ4v) is 4.70. The summed E-state index contributed by atoms with van der Waals surface area (Å²) in [7, 11) is 3.10. The summed E-state index contributed by atoms with van der Waals surface area (Å²) >= 11 is 0. The minimum Gasteiger partial charge on any atom is -0.507 e. The van der Waals surface area contributed by atoms with Crippen molar-refractivity contribution in [2.24, 2.45) is 0 Å². The Labute approximate surface area is 205 Å². The average Bonchev–Trinajstić information content (AvgIpc) is 2.75. The van der Waals surface area contributed by atoms with Gasteiger partial charge in [-0.1, -0.05) is 6.92 Å². The largest absolute Gasteiger partial charge is 0.507 e. The number of Topliss-reactive ketones (excluding diaryl/α,β-unsaturated/α-hetero) is 1. The zero-order valence-corrected chi connectivity index (χ0v) is 21.4. The zero-order valence-electron chi connectivity index (χ0n) is 21.4. The second-order valence-corrected chi connectivity index (χ2v) is 10.0. The van der Waals surface area contributed by atoms with Crippen molar-refractivity contribution in [1.29, 1.82) is 0 Å². The first kappa shape index (κ1) is 24.5. The lowest BCUT2D eigenvalue weighted by Gasteiger charge is -2.34. The van der Waals surface area contributed by atoms with E-state index in [0.29, 0.717) is 28.4 Å². The van der Waals surface area contributed by atoms with Crippen molar-refractivity contribution in [3.8, 4) is 34.5 Å². The van der Waals surface area contributed by atoms with Crippen LogP contribution in [0.2, 0.25) is 0 Å². The fourth-order valence-electron chi connectivity index (χ4n) is 4.70. The number of hydrogen-bond donors (Lipinski definition) is 2. The molecule has 0 unspecified atom stereocenters. The van der Waals surface area contributed by atoms with Crippen LogP contribution >= 0.6 is 0 Å². The third kappa shape index (κ3) is 3.99. The van der Waals surface area contributed by atoms with E-state index in [2.05, 4.69) is 0 Å². The topological polar surface area (TPSA) is 94.5 Å². The SMILES string of the molecule is COc1cc(OC)c([C@@H](C)c2c(O)c3c(c(C(C)=O)c2O)OC(C)(C)C=C3)c2c1C=CC(C)(C)O2. The van der Waals surface area contributed by atoms with Gasteiger partial charge in [0.25, 0.3) is 0 Å². The van der Waals surface area contributed by atoms with Gasteiger partial charge in [0.15, 0.2) is 5.78 Å². The third-order valence-corrected chi connectivity index (χ3v) is 6.45. The predicted octanol–water partition coefficient (Wildman–Crippen LogP) is 5.84. The molecule has 2 N–H and O–H groups in total. The summed E-state index contributed by atoms with van der Waals surface area (Å²) in [4.78, 5) is 12.7. The lowest BCUT2D eigenvalue weighted by molar-refractivity contribution is 0.0996. The molecule has 0 saturated carbocycles. The van der Waals surface area contributed by atoms with Crippen molar-refractivity contribution >= 4 is 17.9 Å². The molecule has 0 aromatic heterocycles. The van der Waals surface area contributed by atoms with Crippen LogP contribution in [0.3, 0.4) is 0 Å². The standard InChI is InChI=1S/C28H32O7/c1-14(20-19(33-8)13-18(32-7)16-9-11-27(3,4)34-25(16)20)21-23(30)17-10-12-28(5,6)35-26(17)22(15(2)29)24(21)31/h9-14,30-31H,1-8H3/t14-/m1/s1. The summed E-state index contributed by atoms with van der Waals surface area (Å²) in [6.07, 6.45) is 7.39. The van der Waals surface area contributed by atoms with E-state index < -0.39 is 17.1 Å². The summed E-state index contributed by atoms with van der Waals surface area (Å²) in [6.45, 7) is 10.7. The first-order valence-corrected chi connectivity index (χ1v) is 11.5. The number of hydrogen-bond acceptors (Lipinski definition) is 7. The molecule has 35 heavy (non-hydrogen) atoms. The Morgan fingerprint density at radius 1 is 0.857 bits per heavy atom. The van der Waals surface area contributed by atoms with Gasteiger partial charge in [-0.3, -0.25) is 4.79 Å². The van der Waals surface area contributed by atoms with Crippen molar-refractivity contribution in [3.63, 3.8) is 0 Å². The zero-order chi connectivity index (χ0) is 25.9. The Balaban J connectivity index is 2.03. The minimum absolute atomic E-state index is 0.0274. The number of rotatable bonds is 5. The second kappa shape index (κ2) is 8.26. The average molecular weight is 481 g/mol. The molecule has 7 heteroatoms. The first-order chi connectivity index (χ1) is 16.3. The van der Waals surface area contributed by atoms with Gasteiger partial charge in [0.1, 0.15) is 51.3 Å². The Hall–Kier alpha value is -3.61.